The molecule has 0 spiro atoms. The van der Waals surface area contributed by atoms with E-state index in [0.29, 0.717) is 18.0 Å². The molecule has 0 aliphatic rings. The van der Waals surface area contributed by atoms with Gasteiger partial charge in [-0.3, -0.25) is 9.59 Å². The number of rotatable bonds is 6. The van der Waals surface area contributed by atoms with Crippen LogP contribution in [0.1, 0.15) is 18.1 Å². The van der Waals surface area contributed by atoms with E-state index < -0.39 is 0 Å². The van der Waals surface area contributed by atoms with Crippen molar-refractivity contribution >= 4 is 29.1 Å². The Kier molecular flexibility index (Phi) is 6.38. The average Bonchev–Trinajstić information content (AvgIpc) is 2.55. The zero-order valence-electron chi connectivity index (χ0n) is 13.9. The van der Waals surface area contributed by atoms with Crippen LogP contribution in [0.3, 0.4) is 0 Å². The number of para-hydroxylation sites is 1. The first-order chi connectivity index (χ1) is 11.5. The van der Waals surface area contributed by atoms with Gasteiger partial charge in [0.1, 0.15) is 0 Å². The predicted molar refractivity (Wildman–Crippen MR) is 97.2 cm³/mol. The molecule has 0 unspecified atom stereocenters. The van der Waals surface area contributed by atoms with Crippen molar-refractivity contribution < 1.29 is 9.59 Å². The number of hydrogen-bond donors (Lipinski definition) is 1. The number of amides is 2. The third-order valence-corrected chi connectivity index (χ3v) is 4.03. The molecule has 2 aromatic rings. The van der Waals surface area contributed by atoms with Crippen LogP contribution in [0.15, 0.2) is 48.5 Å². The molecule has 0 bridgehead atoms. The Morgan fingerprint density at radius 1 is 1.08 bits per heavy atom. The molecule has 5 heteroatoms. The molecule has 0 saturated carbocycles. The second-order valence-electron chi connectivity index (χ2n) is 5.68. The molecular weight excluding hydrogens is 324 g/mol. The van der Waals surface area contributed by atoms with E-state index in [9.17, 15) is 9.59 Å². The maximum absolute atomic E-state index is 12.2. The van der Waals surface area contributed by atoms with Crippen molar-refractivity contribution in [2.24, 2.45) is 0 Å². The van der Waals surface area contributed by atoms with E-state index in [2.05, 4.69) is 5.32 Å². The maximum atomic E-state index is 12.2. The molecule has 2 aromatic carbocycles. The van der Waals surface area contributed by atoms with Gasteiger partial charge in [-0.1, -0.05) is 41.9 Å². The van der Waals surface area contributed by atoms with Gasteiger partial charge in [0.2, 0.25) is 11.8 Å². The number of benzene rings is 2. The first-order valence-electron chi connectivity index (χ1n) is 7.81. The quantitative estimate of drug-likeness (QED) is 0.869. The summed E-state index contributed by atoms with van der Waals surface area (Å²) in [4.78, 5) is 25.6. The summed E-state index contributed by atoms with van der Waals surface area (Å²) in [5.74, 6) is -0.320. The number of aryl methyl sites for hydroxylation is 1. The molecule has 0 fully saturated rings. The van der Waals surface area contributed by atoms with E-state index in [1.54, 1.807) is 4.90 Å². The number of nitrogens with one attached hydrogen (secondary N) is 1. The average molecular weight is 345 g/mol. The fourth-order valence-corrected chi connectivity index (χ4v) is 2.47. The lowest BCUT2D eigenvalue weighted by Crippen LogP contribution is -2.38. The van der Waals surface area contributed by atoms with Crippen LogP contribution in [0.2, 0.25) is 5.02 Å². The lowest BCUT2D eigenvalue weighted by molar-refractivity contribution is -0.132. The van der Waals surface area contributed by atoms with Crippen molar-refractivity contribution in [2.45, 2.75) is 20.3 Å². The molecule has 1 N–H and O–H groups in total. The Labute approximate surface area is 147 Å². The number of halogens is 1. The van der Waals surface area contributed by atoms with Gasteiger partial charge in [0.25, 0.3) is 0 Å². The number of carbonyl (C=O) groups is 2. The van der Waals surface area contributed by atoms with Gasteiger partial charge in [0.15, 0.2) is 0 Å². The Morgan fingerprint density at radius 2 is 1.75 bits per heavy atom. The van der Waals surface area contributed by atoms with Gasteiger partial charge in [0.05, 0.1) is 6.54 Å². The van der Waals surface area contributed by atoms with Gasteiger partial charge in [-0.2, -0.15) is 0 Å². The highest BCUT2D eigenvalue weighted by molar-refractivity contribution is 6.30. The summed E-state index contributed by atoms with van der Waals surface area (Å²) >= 11 is 5.87. The van der Waals surface area contributed by atoms with Gasteiger partial charge in [-0.05, 0) is 42.7 Å². The maximum Gasteiger partial charge on any atom is 0.244 e. The van der Waals surface area contributed by atoms with Crippen molar-refractivity contribution in [3.8, 4) is 0 Å². The van der Waals surface area contributed by atoms with Gasteiger partial charge >= 0.3 is 0 Å². The van der Waals surface area contributed by atoms with E-state index >= 15 is 0 Å². The van der Waals surface area contributed by atoms with Crippen LogP contribution in [0, 0.1) is 6.92 Å². The summed E-state index contributed by atoms with van der Waals surface area (Å²) in [6, 6.07) is 15.0. The normalized spacial score (nSPS) is 10.3. The highest BCUT2D eigenvalue weighted by Gasteiger charge is 2.14. The molecule has 0 atom stereocenters. The van der Waals surface area contributed by atoms with Gasteiger partial charge < -0.3 is 10.2 Å². The lowest BCUT2D eigenvalue weighted by Gasteiger charge is -2.21. The van der Waals surface area contributed by atoms with Crippen molar-refractivity contribution in [3.05, 3.63) is 64.7 Å². The topological polar surface area (TPSA) is 49.4 Å². The van der Waals surface area contributed by atoms with E-state index in [-0.39, 0.29) is 18.4 Å². The number of nitrogens with zero attached hydrogens (tertiary/aromatic N) is 1. The third-order valence-electron chi connectivity index (χ3n) is 3.78. The molecule has 0 heterocycles. The summed E-state index contributed by atoms with van der Waals surface area (Å²) in [7, 11) is 0. The predicted octanol–water partition coefficient (Wildman–Crippen LogP) is 3.68. The summed E-state index contributed by atoms with van der Waals surface area (Å²) in [6.45, 7) is 3.93. The first-order valence-corrected chi connectivity index (χ1v) is 8.19. The Bertz CT molecular complexity index is 714. The zero-order chi connectivity index (χ0) is 17.5. The van der Waals surface area contributed by atoms with Crippen LogP contribution in [0.25, 0.3) is 0 Å². The molecule has 2 rings (SSSR count). The van der Waals surface area contributed by atoms with Crippen molar-refractivity contribution in [1.82, 2.24) is 4.90 Å². The molecule has 0 aliphatic heterocycles. The molecule has 0 radical (unpaired) electrons. The molecule has 0 saturated heterocycles. The van der Waals surface area contributed by atoms with E-state index in [1.165, 1.54) is 6.92 Å². The second-order valence-corrected chi connectivity index (χ2v) is 6.12. The van der Waals surface area contributed by atoms with Crippen LogP contribution in [0.4, 0.5) is 5.69 Å². The summed E-state index contributed by atoms with van der Waals surface area (Å²) in [5, 5.41) is 3.53. The summed E-state index contributed by atoms with van der Waals surface area (Å²) in [5.41, 5.74) is 2.83. The minimum atomic E-state index is -0.199. The van der Waals surface area contributed by atoms with E-state index in [0.717, 1.165) is 16.8 Å². The van der Waals surface area contributed by atoms with Crippen molar-refractivity contribution in [3.63, 3.8) is 0 Å². The van der Waals surface area contributed by atoms with Gasteiger partial charge in [-0.15, -0.1) is 0 Å². The Hall–Kier alpha value is -2.33. The Morgan fingerprint density at radius 3 is 2.38 bits per heavy atom. The van der Waals surface area contributed by atoms with E-state index in [4.69, 9.17) is 11.6 Å². The monoisotopic (exact) mass is 344 g/mol. The van der Waals surface area contributed by atoms with Crippen molar-refractivity contribution in [1.29, 1.82) is 0 Å². The zero-order valence-corrected chi connectivity index (χ0v) is 14.6. The highest BCUT2D eigenvalue weighted by atomic mass is 35.5. The molecule has 2 amide bonds. The number of hydrogen-bond acceptors (Lipinski definition) is 2. The molecular formula is C19H21ClN2O2. The Balaban J connectivity index is 1.93. The molecule has 24 heavy (non-hydrogen) atoms. The van der Waals surface area contributed by atoms with Gasteiger partial charge in [0, 0.05) is 24.2 Å². The SMILES string of the molecule is CC(=O)N(CCc1ccc(Cl)cc1)CC(=O)Nc1ccccc1C. The van der Waals surface area contributed by atoms with E-state index in [1.807, 2.05) is 55.5 Å². The molecule has 0 aliphatic carbocycles. The van der Waals surface area contributed by atoms with Crippen LogP contribution >= 0.6 is 11.6 Å². The highest BCUT2D eigenvalue weighted by Crippen LogP contribution is 2.13. The van der Waals surface area contributed by atoms with Crippen LogP contribution < -0.4 is 5.32 Å². The van der Waals surface area contributed by atoms with Gasteiger partial charge in [-0.25, -0.2) is 0 Å². The minimum Gasteiger partial charge on any atom is -0.333 e. The lowest BCUT2D eigenvalue weighted by atomic mass is 10.1. The number of anilines is 1. The number of carbonyl (C=O) groups excluding carboxylic acids is 2. The fraction of sp³-hybridized carbons (Fsp3) is 0.263. The first kappa shape index (κ1) is 18.0. The smallest absolute Gasteiger partial charge is 0.244 e. The molecule has 126 valence electrons. The van der Waals surface area contributed by atoms with Crippen LogP contribution in [0.5, 0.6) is 0 Å². The van der Waals surface area contributed by atoms with Crippen LogP contribution in [-0.2, 0) is 16.0 Å². The summed E-state index contributed by atoms with van der Waals surface area (Å²) < 4.78 is 0. The molecule has 0 aromatic heterocycles. The molecule has 4 nitrogen and oxygen atoms in total. The van der Waals surface area contributed by atoms with Crippen LogP contribution in [-0.4, -0.2) is 29.8 Å². The van der Waals surface area contributed by atoms with Crippen molar-refractivity contribution in [2.75, 3.05) is 18.4 Å². The standard InChI is InChI=1S/C19H21ClN2O2/c1-14-5-3-4-6-18(14)21-19(24)13-22(15(2)23)12-11-16-7-9-17(20)10-8-16/h3-10H,11-13H2,1-2H3,(H,21,24). The second kappa shape index (κ2) is 8.50. The summed E-state index contributed by atoms with van der Waals surface area (Å²) in [6.07, 6.45) is 0.675. The third kappa shape index (κ3) is 5.39. The fourth-order valence-electron chi connectivity index (χ4n) is 2.34. The largest absolute Gasteiger partial charge is 0.333 e. The minimum absolute atomic E-state index is 0.0389.